The van der Waals surface area contributed by atoms with E-state index >= 15 is 0 Å². The molecule has 1 aromatic heterocycles. The van der Waals surface area contributed by atoms with E-state index in [9.17, 15) is 8.42 Å². The van der Waals surface area contributed by atoms with E-state index in [2.05, 4.69) is 9.71 Å². The molecule has 0 atom stereocenters. The molecule has 0 aliphatic carbocycles. The van der Waals surface area contributed by atoms with Gasteiger partial charge in [-0.3, -0.25) is 4.72 Å². The molecule has 124 valence electrons. The van der Waals surface area contributed by atoms with Gasteiger partial charge in [-0.2, -0.15) is 0 Å². The number of fused-ring (bicyclic) bond motifs is 1. The van der Waals surface area contributed by atoms with Crippen LogP contribution in [0.5, 0.6) is 0 Å². The second-order valence-corrected chi connectivity index (χ2v) is 7.52. The van der Waals surface area contributed by atoms with Crippen molar-refractivity contribution in [1.82, 2.24) is 9.88 Å². The number of anilines is 1. The molecule has 1 N–H and O–H groups in total. The smallest absolute Gasteiger partial charge is 0.261 e. The van der Waals surface area contributed by atoms with Gasteiger partial charge in [0.25, 0.3) is 10.0 Å². The second-order valence-electron chi connectivity index (χ2n) is 5.84. The Balaban J connectivity index is 2.03. The summed E-state index contributed by atoms with van der Waals surface area (Å²) in [6.45, 7) is 0.690. The largest absolute Gasteiger partial charge is 0.304 e. The number of para-hydroxylation sites is 1. The number of aromatic nitrogens is 1. The van der Waals surface area contributed by atoms with Gasteiger partial charge in [0.05, 0.1) is 21.8 Å². The molecule has 0 radical (unpaired) electrons. The molecule has 1 heterocycles. The molecular formula is C18H19N3O2S. The van der Waals surface area contributed by atoms with Gasteiger partial charge in [0.15, 0.2) is 0 Å². The molecule has 0 spiro atoms. The standard InChI is InChI=1S/C18H19N3O2S/c1-21(2)13-15-12-11-14-7-6-10-17(18(14)19-15)20-24(22,23)16-8-4-3-5-9-16/h3-12,20H,13H2,1-2H3. The third-order valence-corrected chi connectivity index (χ3v) is 4.94. The van der Waals surface area contributed by atoms with Crippen molar-refractivity contribution in [3.05, 3.63) is 66.4 Å². The van der Waals surface area contributed by atoms with Crippen LogP contribution in [-0.2, 0) is 16.6 Å². The van der Waals surface area contributed by atoms with E-state index < -0.39 is 10.0 Å². The molecule has 0 aliphatic rings. The predicted molar refractivity (Wildman–Crippen MR) is 96.4 cm³/mol. The summed E-state index contributed by atoms with van der Waals surface area (Å²) in [5.74, 6) is 0. The number of pyridine rings is 1. The first-order valence-corrected chi connectivity index (χ1v) is 9.05. The highest BCUT2D eigenvalue weighted by Gasteiger charge is 2.15. The first-order chi connectivity index (χ1) is 11.5. The number of rotatable bonds is 5. The summed E-state index contributed by atoms with van der Waals surface area (Å²) in [5.41, 5.74) is 2.02. The van der Waals surface area contributed by atoms with Crippen molar-refractivity contribution in [1.29, 1.82) is 0 Å². The highest BCUT2D eigenvalue weighted by molar-refractivity contribution is 7.92. The summed E-state index contributed by atoms with van der Waals surface area (Å²) in [4.78, 5) is 6.87. The van der Waals surface area contributed by atoms with Crippen molar-refractivity contribution in [2.45, 2.75) is 11.4 Å². The zero-order valence-electron chi connectivity index (χ0n) is 13.6. The third-order valence-electron chi connectivity index (χ3n) is 3.55. The number of nitrogens with one attached hydrogen (secondary N) is 1. The predicted octanol–water partition coefficient (Wildman–Crippen LogP) is 3.10. The van der Waals surface area contributed by atoms with Crippen molar-refractivity contribution in [3.8, 4) is 0 Å². The molecule has 0 fully saturated rings. The summed E-state index contributed by atoms with van der Waals surface area (Å²) >= 11 is 0. The van der Waals surface area contributed by atoms with Crippen LogP contribution in [0.15, 0.2) is 65.6 Å². The normalized spacial score (nSPS) is 11.8. The second kappa shape index (κ2) is 6.59. The topological polar surface area (TPSA) is 62.3 Å². The zero-order chi connectivity index (χ0) is 17.2. The Labute approximate surface area is 142 Å². The van der Waals surface area contributed by atoms with Gasteiger partial charge in [-0.05, 0) is 38.4 Å². The molecule has 3 aromatic rings. The molecule has 2 aromatic carbocycles. The Morgan fingerprint density at radius 3 is 2.42 bits per heavy atom. The molecule has 0 aliphatic heterocycles. The van der Waals surface area contributed by atoms with Crippen LogP contribution >= 0.6 is 0 Å². The fourth-order valence-electron chi connectivity index (χ4n) is 2.49. The average molecular weight is 341 g/mol. The maximum absolute atomic E-state index is 12.6. The van der Waals surface area contributed by atoms with Crippen LogP contribution in [0.25, 0.3) is 10.9 Å². The lowest BCUT2D eigenvalue weighted by Crippen LogP contribution is -2.14. The van der Waals surface area contributed by atoms with Gasteiger partial charge in [0.1, 0.15) is 0 Å². The minimum absolute atomic E-state index is 0.228. The highest BCUT2D eigenvalue weighted by Crippen LogP contribution is 2.24. The number of hydrogen-bond donors (Lipinski definition) is 1. The molecule has 5 nitrogen and oxygen atoms in total. The number of hydrogen-bond acceptors (Lipinski definition) is 4. The van der Waals surface area contributed by atoms with Crippen molar-refractivity contribution in [2.75, 3.05) is 18.8 Å². The molecule has 0 amide bonds. The van der Waals surface area contributed by atoms with Gasteiger partial charge in [-0.15, -0.1) is 0 Å². The molecule has 0 saturated carbocycles. The van der Waals surface area contributed by atoms with Crippen molar-refractivity contribution in [2.24, 2.45) is 0 Å². The first kappa shape index (κ1) is 16.4. The van der Waals surface area contributed by atoms with E-state index in [1.54, 1.807) is 36.4 Å². The summed E-state index contributed by atoms with van der Waals surface area (Å²) < 4.78 is 27.8. The van der Waals surface area contributed by atoms with E-state index in [1.165, 1.54) is 0 Å². The van der Waals surface area contributed by atoms with E-state index in [4.69, 9.17) is 0 Å². The van der Waals surface area contributed by atoms with Gasteiger partial charge < -0.3 is 4.90 Å². The molecule has 0 saturated heterocycles. The van der Waals surface area contributed by atoms with Gasteiger partial charge in [-0.1, -0.05) is 36.4 Å². The van der Waals surface area contributed by atoms with E-state index in [1.807, 2.05) is 43.3 Å². The summed E-state index contributed by atoms with van der Waals surface area (Å²) in [6, 6.07) is 17.7. The fraction of sp³-hybridized carbons (Fsp3) is 0.167. The Morgan fingerprint density at radius 1 is 0.958 bits per heavy atom. The molecule has 0 unspecified atom stereocenters. The summed E-state index contributed by atoms with van der Waals surface area (Å²) in [6.07, 6.45) is 0. The van der Waals surface area contributed by atoms with Crippen molar-refractivity contribution in [3.63, 3.8) is 0 Å². The monoisotopic (exact) mass is 341 g/mol. The van der Waals surface area contributed by atoms with Crippen LogP contribution in [0, 0.1) is 0 Å². The quantitative estimate of drug-likeness (QED) is 0.774. The maximum Gasteiger partial charge on any atom is 0.261 e. The average Bonchev–Trinajstić information content (AvgIpc) is 2.55. The van der Waals surface area contributed by atoms with Crippen LogP contribution in [0.1, 0.15) is 5.69 Å². The lowest BCUT2D eigenvalue weighted by atomic mass is 10.2. The van der Waals surface area contributed by atoms with Crippen LogP contribution in [0.2, 0.25) is 0 Å². The lowest BCUT2D eigenvalue weighted by molar-refractivity contribution is 0.397. The molecule has 0 bridgehead atoms. The van der Waals surface area contributed by atoms with Gasteiger partial charge >= 0.3 is 0 Å². The van der Waals surface area contributed by atoms with Crippen LogP contribution in [0.3, 0.4) is 0 Å². The Kier molecular flexibility index (Phi) is 4.51. The van der Waals surface area contributed by atoms with Crippen LogP contribution in [0.4, 0.5) is 5.69 Å². The van der Waals surface area contributed by atoms with Gasteiger partial charge in [0, 0.05) is 11.9 Å². The highest BCUT2D eigenvalue weighted by atomic mass is 32.2. The molecule has 24 heavy (non-hydrogen) atoms. The Morgan fingerprint density at radius 2 is 1.71 bits per heavy atom. The Bertz CT molecular complexity index is 954. The molecule has 3 rings (SSSR count). The Hall–Kier alpha value is -2.44. The maximum atomic E-state index is 12.6. The summed E-state index contributed by atoms with van der Waals surface area (Å²) in [5, 5.41) is 0.894. The first-order valence-electron chi connectivity index (χ1n) is 7.57. The number of benzene rings is 2. The van der Waals surface area contributed by atoms with Crippen LogP contribution < -0.4 is 4.72 Å². The minimum Gasteiger partial charge on any atom is -0.304 e. The van der Waals surface area contributed by atoms with E-state index in [0.717, 1.165) is 11.1 Å². The third kappa shape index (κ3) is 3.55. The van der Waals surface area contributed by atoms with Crippen molar-refractivity contribution >= 4 is 26.6 Å². The van der Waals surface area contributed by atoms with Gasteiger partial charge in [-0.25, -0.2) is 13.4 Å². The molecule has 6 heteroatoms. The van der Waals surface area contributed by atoms with Crippen molar-refractivity contribution < 1.29 is 8.42 Å². The number of sulfonamides is 1. The molecular weight excluding hydrogens is 322 g/mol. The van der Waals surface area contributed by atoms with Crippen LogP contribution in [-0.4, -0.2) is 32.4 Å². The minimum atomic E-state index is -3.64. The lowest BCUT2D eigenvalue weighted by Gasteiger charge is -2.13. The SMILES string of the molecule is CN(C)Cc1ccc2cccc(NS(=O)(=O)c3ccccc3)c2n1. The van der Waals surface area contributed by atoms with E-state index in [0.29, 0.717) is 17.7 Å². The van der Waals surface area contributed by atoms with E-state index in [-0.39, 0.29) is 4.90 Å². The fourth-order valence-corrected chi connectivity index (χ4v) is 3.57. The zero-order valence-corrected chi connectivity index (χ0v) is 14.4. The van der Waals surface area contributed by atoms with Gasteiger partial charge in [0.2, 0.25) is 0 Å². The number of nitrogens with zero attached hydrogens (tertiary/aromatic N) is 2. The summed E-state index contributed by atoms with van der Waals surface area (Å²) in [7, 11) is 0.295.